The molecular weight excluding hydrogens is 314 g/mol. The number of ether oxygens (including phenoxy) is 1. The fourth-order valence-electron chi connectivity index (χ4n) is 2.40. The van der Waals surface area contributed by atoms with E-state index in [1.165, 1.54) is 5.56 Å². The molecule has 0 unspecified atom stereocenters. The van der Waals surface area contributed by atoms with Crippen molar-refractivity contribution in [1.82, 2.24) is 15.1 Å². The number of para-hydroxylation sites is 1. The van der Waals surface area contributed by atoms with Gasteiger partial charge in [0, 0.05) is 18.3 Å². The number of amides is 1. The van der Waals surface area contributed by atoms with Crippen LogP contribution in [0.5, 0.6) is 5.75 Å². The van der Waals surface area contributed by atoms with Gasteiger partial charge in [0.2, 0.25) is 0 Å². The zero-order chi connectivity index (χ0) is 17.5. The SMILES string of the molecule is CCc1ccc(OCC(=O)NCc2cnn(-c3ccccc3)c2)cc1. The first-order chi connectivity index (χ1) is 12.2. The molecule has 0 saturated carbocycles. The molecule has 0 bridgehead atoms. The maximum Gasteiger partial charge on any atom is 0.258 e. The molecule has 2 aromatic carbocycles. The molecule has 25 heavy (non-hydrogen) atoms. The van der Waals surface area contributed by atoms with E-state index in [1.807, 2.05) is 60.8 Å². The summed E-state index contributed by atoms with van der Waals surface area (Å²) < 4.78 is 7.28. The molecular formula is C20H21N3O2. The molecule has 1 N–H and O–H groups in total. The normalized spacial score (nSPS) is 10.4. The molecule has 5 heteroatoms. The van der Waals surface area contributed by atoms with Gasteiger partial charge in [-0.25, -0.2) is 4.68 Å². The van der Waals surface area contributed by atoms with Crippen LogP contribution in [-0.2, 0) is 17.8 Å². The van der Waals surface area contributed by atoms with E-state index in [4.69, 9.17) is 4.74 Å². The van der Waals surface area contributed by atoms with Gasteiger partial charge in [0.1, 0.15) is 5.75 Å². The summed E-state index contributed by atoms with van der Waals surface area (Å²) in [5.74, 6) is 0.538. The lowest BCUT2D eigenvalue weighted by molar-refractivity contribution is -0.123. The summed E-state index contributed by atoms with van der Waals surface area (Å²) in [5.41, 5.74) is 3.16. The molecule has 5 nitrogen and oxygen atoms in total. The van der Waals surface area contributed by atoms with Gasteiger partial charge >= 0.3 is 0 Å². The molecule has 0 saturated heterocycles. The quantitative estimate of drug-likeness (QED) is 0.722. The summed E-state index contributed by atoms with van der Waals surface area (Å²) in [4.78, 5) is 11.9. The highest BCUT2D eigenvalue weighted by Gasteiger charge is 2.05. The van der Waals surface area contributed by atoms with Gasteiger partial charge in [-0.1, -0.05) is 37.3 Å². The van der Waals surface area contributed by atoms with Gasteiger partial charge < -0.3 is 10.1 Å². The Balaban J connectivity index is 1.46. The van der Waals surface area contributed by atoms with Crippen molar-refractivity contribution >= 4 is 5.91 Å². The highest BCUT2D eigenvalue weighted by atomic mass is 16.5. The first-order valence-electron chi connectivity index (χ1n) is 8.32. The van der Waals surface area contributed by atoms with Crippen molar-refractivity contribution in [2.75, 3.05) is 6.61 Å². The van der Waals surface area contributed by atoms with Gasteiger partial charge in [0.15, 0.2) is 6.61 Å². The average Bonchev–Trinajstić information content (AvgIpc) is 3.15. The van der Waals surface area contributed by atoms with Crippen molar-refractivity contribution in [2.24, 2.45) is 0 Å². The molecule has 0 atom stereocenters. The Kier molecular flexibility index (Phi) is 5.46. The zero-order valence-electron chi connectivity index (χ0n) is 14.2. The van der Waals surface area contributed by atoms with E-state index in [9.17, 15) is 4.79 Å². The lowest BCUT2D eigenvalue weighted by atomic mass is 10.2. The van der Waals surface area contributed by atoms with Crippen molar-refractivity contribution in [1.29, 1.82) is 0 Å². The number of carbonyl (C=O) groups excluding carboxylic acids is 1. The second kappa shape index (κ2) is 8.15. The first kappa shape index (κ1) is 16.8. The van der Waals surface area contributed by atoms with Gasteiger partial charge in [0.05, 0.1) is 11.9 Å². The van der Waals surface area contributed by atoms with Gasteiger partial charge in [-0.05, 0) is 36.2 Å². The third-order valence-electron chi connectivity index (χ3n) is 3.85. The average molecular weight is 335 g/mol. The summed E-state index contributed by atoms with van der Waals surface area (Å²) in [6.07, 6.45) is 4.63. The second-order valence-corrected chi connectivity index (χ2v) is 5.69. The topological polar surface area (TPSA) is 56.1 Å². The zero-order valence-corrected chi connectivity index (χ0v) is 14.2. The summed E-state index contributed by atoms with van der Waals surface area (Å²) in [5, 5.41) is 7.15. The molecule has 3 rings (SSSR count). The Hall–Kier alpha value is -3.08. The molecule has 3 aromatic rings. The monoisotopic (exact) mass is 335 g/mol. The maximum atomic E-state index is 11.9. The largest absolute Gasteiger partial charge is 0.484 e. The molecule has 1 aromatic heterocycles. The van der Waals surface area contributed by atoms with E-state index in [1.54, 1.807) is 10.9 Å². The van der Waals surface area contributed by atoms with Crippen LogP contribution in [0.1, 0.15) is 18.1 Å². The van der Waals surface area contributed by atoms with Crippen LogP contribution in [0, 0.1) is 0 Å². The Labute approximate surface area is 147 Å². The smallest absolute Gasteiger partial charge is 0.258 e. The number of rotatable bonds is 7. The third kappa shape index (κ3) is 4.70. The number of nitrogens with one attached hydrogen (secondary N) is 1. The summed E-state index contributed by atoms with van der Waals surface area (Å²) >= 11 is 0. The molecule has 0 aliphatic rings. The van der Waals surface area contributed by atoms with E-state index in [0.29, 0.717) is 12.3 Å². The van der Waals surface area contributed by atoms with Crippen molar-refractivity contribution in [3.05, 3.63) is 78.1 Å². The van der Waals surface area contributed by atoms with Crippen molar-refractivity contribution in [3.8, 4) is 11.4 Å². The fraction of sp³-hybridized carbons (Fsp3) is 0.200. The van der Waals surface area contributed by atoms with E-state index in [-0.39, 0.29) is 12.5 Å². The Morgan fingerprint density at radius 3 is 2.56 bits per heavy atom. The number of nitrogens with zero attached hydrogens (tertiary/aromatic N) is 2. The minimum Gasteiger partial charge on any atom is -0.484 e. The van der Waals surface area contributed by atoms with Crippen molar-refractivity contribution in [2.45, 2.75) is 19.9 Å². The lowest BCUT2D eigenvalue weighted by Crippen LogP contribution is -2.28. The Morgan fingerprint density at radius 2 is 1.84 bits per heavy atom. The van der Waals surface area contributed by atoms with Crippen molar-refractivity contribution < 1.29 is 9.53 Å². The van der Waals surface area contributed by atoms with Crippen LogP contribution in [0.4, 0.5) is 0 Å². The Morgan fingerprint density at radius 1 is 1.08 bits per heavy atom. The van der Waals surface area contributed by atoms with Crippen LogP contribution in [-0.4, -0.2) is 22.3 Å². The van der Waals surface area contributed by atoms with E-state index >= 15 is 0 Å². The lowest BCUT2D eigenvalue weighted by Gasteiger charge is -2.07. The van der Waals surface area contributed by atoms with Gasteiger partial charge in [0.25, 0.3) is 5.91 Å². The minimum atomic E-state index is -0.160. The molecule has 1 heterocycles. The second-order valence-electron chi connectivity index (χ2n) is 5.69. The number of aromatic nitrogens is 2. The minimum absolute atomic E-state index is 0.00169. The predicted octanol–water partition coefficient (Wildman–Crippen LogP) is 3.13. The molecule has 128 valence electrons. The highest BCUT2D eigenvalue weighted by Crippen LogP contribution is 2.12. The first-order valence-corrected chi connectivity index (χ1v) is 8.32. The number of benzene rings is 2. The molecule has 0 fully saturated rings. The van der Waals surface area contributed by atoms with Gasteiger partial charge in [-0.3, -0.25) is 4.79 Å². The number of carbonyl (C=O) groups is 1. The van der Waals surface area contributed by atoms with Crippen LogP contribution < -0.4 is 10.1 Å². The van der Waals surface area contributed by atoms with Crippen LogP contribution in [0.2, 0.25) is 0 Å². The highest BCUT2D eigenvalue weighted by molar-refractivity contribution is 5.77. The third-order valence-corrected chi connectivity index (χ3v) is 3.85. The summed E-state index contributed by atoms with van der Waals surface area (Å²) in [6.45, 7) is 2.52. The van der Waals surface area contributed by atoms with Gasteiger partial charge in [-0.15, -0.1) is 0 Å². The van der Waals surface area contributed by atoms with E-state index < -0.39 is 0 Å². The molecule has 0 aliphatic heterocycles. The Bertz CT molecular complexity index is 810. The van der Waals surface area contributed by atoms with Crippen LogP contribution in [0.25, 0.3) is 5.69 Å². The van der Waals surface area contributed by atoms with Crippen LogP contribution in [0.3, 0.4) is 0 Å². The number of hydrogen-bond donors (Lipinski definition) is 1. The van der Waals surface area contributed by atoms with Crippen LogP contribution in [0.15, 0.2) is 67.0 Å². The molecule has 0 radical (unpaired) electrons. The summed E-state index contributed by atoms with van der Waals surface area (Å²) in [7, 11) is 0. The van der Waals surface area contributed by atoms with Crippen LogP contribution >= 0.6 is 0 Å². The van der Waals surface area contributed by atoms with E-state index in [2.05, 4.69) is 17.3 Å². The predicted molar refractivity (Wildman–Crippen MR) is 96.7 cm³/mol. The standard InChI is InChI=1S/C20H21N3O2/c1-2-16-8-10-19(11-9-16)25-15-20(24)21-12-17-13-22-23(14-17)18-6-4-3-5-7-18/h3-11,13-14H,2,12,15H2,1H3,(H,21,24). The molecule has 1 amide bonds. The maximum absolute atomic E-state index is 11.9. The van der Waals surface area contributed by atoms with E-state index in [0.717, 1.165) is 17.7 Å². The fourth-order valence-corrected chi connectivity index (χ4v) is 2.40. The summed E-state index contributed by atoms with van der Waals surface area (Å²) in [6, 6.07) is 17.6. The van der Waals surface area contributed by atoms with Gasteiger partial charge in [-0.2, -0.15) is 5.10 Å². The number of aryl methyl sites for hydroxylation is 1. The molecule has 0 aliphatic carbocycles. The number of hydrogen-bond acceptors (Lipinski definition) is 3. The molecule has 0 spiro atoms. The van der Waals surface area contributed by atoms with Crippen molar-refractivity contribution in [3.63, 3.8) is 0 Å².